The molecule has 31 heavy (non-hydrogen) atoms. The van der Waals surface area contributed by atoms with Crippen LogP contribution in [0.3, 0.4) is 0 Å². The molecule has 0 bridgehead atoms. The molecule has 6 heteroatoms. The first-order valence-corrected chi connectivity index (χ1v) is 11.4. The number of benzene rings is 2. The highest BCUT2D eigenvalue weighted by atomic mass is 35.5. The lowest BCUT2D eigenvalue weighted by molar-refractivity contribution is -0.120. The van der Waals surface area contributed by atoms with E-state index in [1.54, 1.807) is 6.07 Å². The number of rotatable bonds is 5. The van der Waals surface area contributed by atoms with Gasteiger partial charge in [-0.3, -0.25) is 4.79 Å². The number of carbonyl (C=O) groups is 1. The SMILES string of the molecule is CC(C)(C)c1cc(CNC(=O)Cc2ccc3c(c2)CCC3)n(-c2cc(Cl)cc(Cl)c2)n1. The zero-order valence-corrected chi connectivity index (χ0v) is 19.6. The standard InChI is InChI=1S/C25H27Cl2N3O/c1-25(2,3)23-14-22(30(29-23)21-12-19(26)11-20(27)13-21)15-28-24(31)10-16-7-8-17-5-4-6-18(17)9-16/h7-9,11-14H,4-6,10,15H2,1-3H3,(H,28,31). The Bertz CT molecular complexity index is 1110. The van der Waals surface area contributed by atoms with Crippen molar-refractivity contribution in [3.63, 3.8) is 0 Å². The molecule has 0 fully saturated rings. The monoisotopic (exact) mass is 455 g/mol. The summed E-state index contributed by atoms with van der Waals surface area (Å²) >= 11 is 12.4. The summed E-state index contributed by atoms with van der Waals surface area (Å²) in [6, 6.07) is 13.8. The molecule has 1 aliphatic carbocycles. The average molecular weight is 456 g/mol. The molecular formula is C25H27Cl2N3O. The van der Waals surface area contributed by atoms with Crippen molar-refractivity contribution >= 4 is 29.1 Å². The number of nitrogens with zero attached hydrogens (tertiary/aromatic N) is 2. The maximum Gasteiger partial charge on any atom is 0.224 e. The van der Waals surface area contributed by atoms with E-state index in [1.807, 2.05) is 22.9 Å². The molecule has 3 aromatic rings. The summed E-state index contributed by atoms with van der Waals surface area (Å²) in [5, 5.41) is 8.92. The molecule has 4 nitrogen and oxygen atoms in total. The van der Waals surface area contributed by atoms with E-state index < -0.39 is 0 Å². The van der Waals surface area contributed by atoms with Crippen molar-refractivity contribution in [3.05, 3.63) is 80.6 Å². The van der Waals surface area contributed by atoms with Gasteiger partial charge in [0.25, 0.3) is 0 Å². The Morgan fingerprint density at radius 3 is 2.45 bits per heavy atom. The summed E-state index contributed by atoms with van der Waals surface area (Å²) in [5.41, 5.74) is 6.33. The van der Waals surface area contributed by atoms with Gasteiger partial charge in [0.05, 0.1) is 30.0 Å². The predicted octanol–water partition coefficient (Wildman–Crippen LogP) is 5.82. The predicted molar refractivity (Wildman–Crippen MR) is 126 cm³/mol. The minimum absolute atomic E-state index is 0.00729. The number of amides is 1. The fourth-order valence-electron chi connectivity index (χ4n) is 3.97. The van der Waals surface area contributed by atoms with Crippen LogP contribution in [-0.4, -0.2) is 15.7 Å². The molecule has 4 rings (SSSR count). The highest BCUT2D eigenvalue weighted by molar-refractivity contribution is 6.34. The molecule has 0 unspecified atom stereocenters. The first-order chi connectivity index (χ1) is 14.7. The normalized spacial score (nSPS) is 13.3. The van der Waals surface area contributed by atoms with Gasteiger partial charge in [-0.05, 0) is 60.2 Å². The van der Waals surface area contributed by atoms with E-state index in [9.17, 15) is 4.79 Å². The van der Waals surface area contributed by atoms with Gasteiger partial charge in [-0.15, -0.1) is 0 Å². The van der Waals surface area contributed by atoms with E-state index >= 15 is 0 Å². The zero-order valence-electron chi connectivity index (χ0n) is 18.1. The van der Waals surface area contributed by atoms with E-state index in [0.29, 0.717) is 23.0 Å². The van der Waals surface area contributed by atoms with Crippen LogP contribution in [0.15, 0.2) is 42.5 Å². The van der Waals surface area contributed by atoms with E-state index in [2.05, 4.69) is 44.3 Å². The van der Waals surface area contributed by atoms with Gasteiger partial charge < -0.3 is 5.32 Å². The lowest BCUT2D eigenvalue weighted by atomic mass is 9.92. The summed E-state index contributed by atoms with van der Waals surface area (Å²) < 4.78 is 1.81. The second-order valence-corrected chi connectivity index (χ2v) is 10.1. The summed E-state index contributed by atoms with van der Waals surface area (Å²) in [5.74, 6) is -0.00729. The Hall–Kier alpha value is -2.30. The average Bonchev–Trinajstić information content (AvgIpc) is 3.32. The molecule has 0 saturated carbocycles. The van der Waals surface area contributed by atoms with Gasteiger partial charge in [-0.2, -0.15) is 5.10 Å². The van der Waals surface area contributed by atoms with Crippen LogP contribution in [-0.2, 0) is 36.0 Å². The minimum atomic E-state index is -0.128. The maximum absolute atomic E-state index is 12.7. The van der Waals surface area contributed by atoms with Crippen LogP contribution in [0.2, 0.25) is 10.0 Å². The van der Waals surface area contributed by atoms with Gasteiger partial charge >= 0.3 is 0 Å². The number of hydrogen-bond acceptors (Lipinski definition) is 2. The van der Waals surface area contributed by atoms with Crippen LogP contribution in [0.25, 0.3) is 5.69 Å². The molecule has 1 heterocycles. The summed E-state index contributed by atoms with van der Waals surface area (Å²) in [7, 11) is 0. The highest BCUT2D eigenvalue weighted by Gasteiger charge is 2.21. The summed E-state index contributed by atoms with van der Waals surface area (Å²) in [6.45, 7) is 6.71. The fraction of sp³-hybridized carbons (Fsp3) is 0.360. The van der Waals surface area contributed by atoms with Gasteiger partial charge in [0.1, 0.15) is 0 Å². The molecule has 1 aliphatic rings. The second kappa shape index (κ2) is 8.68. The van der Waals surface area contributed by atoms with Crippen LogP contribution in [0, 0.1) is 0 Å². The fourth-order valence-corrected chi connectivity index (χ4v) is 4.48. The Balaban J connectivity index is 1.53. The van der Waals surface area contributed by atoms with Crippen LogP contribution in [0.1, 0.15) is 55.3 Å². The van der Waals surface area contributed by atoms with Crippen molar-refractivity contribution in [2.75, 3.05) is 0 Å². The maximum atomic E-state index is 12.7. The van der Waals surface area contributed by atoms with Crippen molar-refractivity contribution in [3.8, 4) is 5.69 Å². The zero-order chi connectivity index (χ0) is 22.2. The van der Waals surface area contributed by atoms with Crippen molar-refractivity contribution in [1.82, 2.24) is 15.1 Å². The summed E-state index contributed by atoms with van der Waals surface area (Å²) in [4.78, 5) is 12.7. The number of carbonyl (C=O) groups excluding carboxylic acids is 1. The first kappa shape index (κ1) is 21.9. The van der Waals surface area contributed by atoms with Gasteiger partial charge in [-0.1, -0.05) is 62.2 Å². The quantitative estimate of drug-likeness (QED) is 0.526. The molecule has 1 aromatic heterocycles. The Labute approximate surface area is 193 Å². The molecule has 1 amide bonds. The van der Waals surface area contributed by atoms with Gasteiger partial charge in [-0.25, -0.2) is 4.68 Å². The second-order valence-electron chi connectivity index (χ2n) is 9.22. The lowest BCUT2D eigenvalue weighted by Crippen LogP contribution is -2.25. The number of aryl methyl sites for hydroxylation is 2. The smallest absolute Gasteiger partial charge is 0.224 e. The topological polar surface area (TPSA) is 46.9 Å². The van der Waals surface area contributed by atoms with Gasteiger partial charge in [0.15, 0.2) is 0 Å². The minimum Gasteiger partial charge on any atom is -0.350 e. The van der Waals surface area contributed by atoms with Crippen molar-refractivity contribution in [2.45, 2.75) is 58.4 Å². The van der Waals surface area contributed by atoms with Gasteiger partial charge in [0, 0.05) is 15.5 Å². The Kier molecular flexibility index (Phi) is 6.14. The Morgan fingerprint density at radius 2 is 1.74 bits per heavy atom. The molecule has 0 atom stereocenters. The Morgan fingerprint density at radius 1 is 1.03 bits per heavy atom. The number of aromatic nitrogens is 2. The van der Waals surface area contributed by atoms with E-state index in [-0.39, 0.29) is 11.3 Å². The third kappa shape index (κ3) is 5.13. The molecular weight excluding hydrogens is 429 g/mol. The van der Waals surface area contributed by atoms with Crippen molar-refractivity contribution < 1.29 is 4.79 Å². The number of halogens is 2. The largest absolute Gasteiger partial charge is 0.350 e. The van der Waals surface area contributed by atoms with Crippen LogP contribution < -0.4 is 5.32 Å². The van der Waals surface area contributed by atoms with Crippen molar-refractivity contribution in [1.29, 1.82) is 0 Å². The van der Waals surface area contributed by atoms with Crippen molar-refractivity contribution in [2.24, 2.45) is 0 Å². The first-order valence-electron chi connectivity index (χ1n) is 10.6. The van der Waals surface area contributed by atoms with Crippen LogP contribution >= 0.6 is 23.2 Å². The van der Waals surface area contributed by atoms with Gasteiger partial charge in [0.2, 0.25) is 5.91 Å². The third-order valence-corrected chi connectivity index (χ3v) is 6.07. The molecule has 2 aromatic carbocycles. The summed E-state index contributed by atoms with van der Waals surface area (Å²) in [6.07, 6.45) is 3.84. The van der Waals surface area contributed by atoms with Crippen LogP contribution in [0.5, 0.6) is 0 Å². The lowest BCUT2D eigenvalue weighted by Gasteiger charge is -2.14. The van der Waals surface area contributed by atoms with E-state index in [4.69, 9.17) is 28.3 Å². The van der Waals surface area contributed by atoms with E-state index in [1.165, 1.54) is 17.5 Å². The molecule has 0 spiro atoms. The number of fused-ring (bicyclic) bond motifs is 1. The number of nitrogens with one attached hydrogen (secondary N) is 1. The highest BCUT2D eigenvalue weighted by Crippen LogP contribution is 2.27. The third-order valence-electron chi connectivity index (χ3n) is 5.64. The molecule has 0 radical (unpaired) electrons. The molecule has 0 aliphatic heterocycles. The molecule has 162 valence electrons. The number of hydrogen-bond donors (Lipinski definition) is 1. The van der Waals surface area contributed by atoms with E-state index in [0.717, 1.165) is 35.5 Å². The molecule has 0 saturated heterocycles. The molecule has 1 N–H and O–H groups in total. The van der Waals surface area contributed by atoms with Crippen LogP contribution in [0.4, 0.5) is 0 Å².